The van der Waals surface area contributed by atoms with Crippen molar-refractivity contribution in [3.05, 3.63) is 35.7 Å². The third kappa shape index (κ3) is 4.07. The topological polar surface area (TPSA) is 82.5 Å². The van der Waals surface area contributed by atoms with E-state index in [0.717, 1.165) is 5.56 Å². The van der Waals surface area contributed by atoms with Crippen LogP contribution in [-0.2, 0) is 23.6 Å². The second-order valence-corrected chi connectivity index (χ2v) is 6.92. The predicted octanol–water partition coefficient (Wildman–Crippen LogP) is 2.00. The summed E-state index contributed by atoms with van der Waals surface area (Å²) in [6.07, 6.45) is 1.35. The highest BCUT2D eigenvalue weighted by atomic mass is 32.2. The molecule has 2 rings (SSSR count). The summed E-state index contributed by atoms with van der Waals surface area (Å²) >= 11 is 0. The van der Waals surface area contributed by atoms with E-state index >= 15 is 0 Å². The molecule has 8 heteroatoms. The summed E-state index contributed by atoms with van der Waals surface area (Å²) in [4.78, 5) is 0.181. The van der Waals surface area contributed by atoms with Crippen molar-refractivity contribution < 1.29 is 17.9 Å². The van der Waals surface area contributed by atoms with Gasteiger partial charge in [0.05, 0.1) is 25.1 Å². The maximum Gasteiger partial charge on any atom is 0.244 e. The molecule has 1 aromatic heterocycles. The van der Waals surface area contributed by atoms with Gasteiger partial charge in [-0.2, -0.15) is 5.10 Å². The Bertz CT molecular complexity index is 800. The maximum atomic E-state index is 12.4. The molecule has 24 heavy (non-hydrogen) atoms. The zero-order chi connectivity index (χ0) is 17.7. The van der Waals surface area contributed by atoms with E-state index in [4.69, 9.17) is 9.47 Å². The Morgan fingerprint density at radius 1 is 1.17 bits per heavy atom. The summed E-state index contributed by atoms with van der Waals surface area (Å²) in [5.74, 6) is 1.25. The molecule has 0 atom stereocenters. The van der Waals surface area contributed by atoms with Gasteiger partial charge < -0.3 is 9.47 Å². The smallest absolute Gasteiger partial charge is 0.244 e. The van der Waals surface area contributed by atoms with Crippen LogP contribution in [0.25, 0.3) is 0 Å². The van der Waals surface area contributed by atoms with Crippen molar-refractivity contribution in [2.75, 3.05) is 13.2 Å². The number of hydrogen-bond acceptors (Lipinski definition) is 5. The van der Waals surface area contributed by atoms with E-state index in [9.17, 15) is 8.42 Å². The van der Waals surface area contributed by atoms with E-state index in [0.29, 0.717) is 30.4 Å². The molecule has 0 aliphatic rings. The van der Waals surface area contributed by atoms with Gasteiger partial charge in [-0.15, -0.1) is 0 Å². The van der Waals surface area contributed by atoms with Gasteiger partial charge in [-0.3, -0.25) is 4.68 Å². The highest BCUT2D eigenvalue weighted by Crippen LogP contribution is 2.28. The minimum atomic E-state index is -3.62. The second kappa shape index (κ2) is 7.67. The van der Waals surface area contributed by atoms with Gasteiger partial charge in [0.2, 0.25) is 10.0 Å². The first-order chi connectivity index (χ1) is 11.4. The summed E-state index contributed by atoms with van der Waals surface area (Å²) < 4.78 is 40.0. The first kappa shape index (κ1) is 18.3. The van der Waals surface area contributed by atoms with Crippen LogP contribution in [0.5, 0.6) is 11.5 Å². The van der Waals surface area contributed by atoms with Gasteiger partial charge in [0.15, 0.2) is 11.5 Å². The Morgan fingerprint density at radius 2 is 1.83 bits per heavy atom. The van der Waals surface area contributed by atoms with Crippen LogP contribution in [0.2, 0.25) is 0 Å². The zero-order valence-corrected chi connectivity index (χ0v) is 15.2. The van der Waals surface area contributed by atoms with Crippen LogP contribution < -0.4 is 14.2 Å². The van der Waals surface area contributed by atoms with Gasteiger partial charge >= 0.3 is 0 Å². The molecule has 1 aromatic carbocycles. The van der Waals surface area contributed by atoms with Crippen LogP contribution in [0.1, 0.15) is 25.1 Å². The Morgan fingerprint density at radius 3 is 2.42 bits per heavy atom. The third-order valence-electron chi connectivity index (χ3n) is 3.55. The monoisotopic (exact) mass is 353 g/mol. The van der Waals surface area contributed by atoms with Crippen molar-refractivity contribution in [3.8, 4) is 11.5 Å². The van der Waals surface area contributed by atoms with Crippen LogP contribution in [0.15, 0.2) is 29.3 Å². The first-order valence-corrected chi connectivity index (χ1v) is 9.24. The molecule has 0 saturated carbocycles. The van der Waals surface area contributed by atoms with Crippen molar-refractivity contribution in [1.82, 2.24) is 14.5 Å². The van der Waals surface area contributed by atoms with Crippen LogP contribution in [-0.4, -0.2) is 31.4 Å². The molecule has 2 aromatic rings. The van der Waals surface area contributed by atoms with E-state index in [1.165, 1.54) is 10.9 Å². The first-order valence-electron chi connectivity index (χ1n) is 7.75. The highest BCUT2D eigenvalue weighted by molar-refractivity contribution is 7.89. The number of hydrogen-bond donors (Lipinski definition) is 1. The summed E-state index contributed by atoms with van der Waals surface area (Å²) in [5.41, 5.74) is 1.37. The van der Waals surface area contributed by atoms with E-state index in [-0.39, 0.29) is 11.4 Å². The van der Waals surface area contributed by atoms with E-state index < -0.39 is 10.0 Å². The number of sulfonamides is 1. The van der Waals surface area contributed by atoms with E-state index in [1.807, 2.05) is 19.9 Å². The minimum absolute atomic E-state index is 0.156. The van der Waals surface area contributed by atoms with Gasteiger partial charge in [0, 0.05) is 13.6 Å². The lowest BCUT2D eigenvalue weighted by atomic mass is 10.2. The molecule has 0 aliphatic heterocycles. The van der Waals surface area contributed by atoms with Gasteiger partial charge in [-0.1, -0.05) is 6.07 Å². The predicted molar refractivity (Wildman–Crippen MR) is 90.8 cm³/mol. The fraction of sp³-hybridized carbons (Fsp3) is 0.438. The molecule has 0 amide bonds. The van der Waals surface area contributed by atoms with Crippen LogP contribution in [0.3, 0.4) is 0 Å². The molecule has 132 valence electrons. The number of nitrogens with one attached hydrogen (secondary N) is 1. The average Bonchev–Trinajstić information content (AvgIpc) is 2.88. The number of aryl methyl sites for hydroxylation is 1. The molecule has 0 saturated heterocycles. The van der Waals surface area contributed by atoms with Crippen molar-refractivity contribution in [2.45, 2.75) is 32.2 Å². The quantitative estimate of drug-likeness (QED) is 0.785. The zero-order valence-electron chi connectivity index (χ0n) is 14.4. The van der Waals surface area contributed by atoms with Crippen molar-refractivity contribution in [1.29, 1.82) is 0 Å². The summed E-state index contributed by atoms with van der Waals surface area (Å²) in [6.45, 7) is 6.69. The van der Waals surface area contributed by atoms with E-state index in [1.54, 1.807) is 26.1 Å². The summed E-state index contributed by atoms with van der Waals surface area (Å²) in [6, 6.07) is 5.38. The fourth-order valence-electron chi connectivity index (χ4n) is 2.20. The van der Waals surface area contributed by atoms with Gasteiger partial charge in [0.25, 0.3) is 0 Å². The SMILES string of the molecule is CCOc1ccc(CNS(=O)(=O)c2cnn(C)c2C)cc1OCC. The molecule has 0 bridgehead atoms. The van der Waals surface area contributed by atoms with Crippen molar-refractivity contribution in [3.63, 3.8) is 0 Å². The average molecular weight is 353 g/mol. The summed E-state index contributed by atoms with van der Waals surface area (Å²) in [5, 5.41) is 3.97. The number of rotatable bonds is 8. The Kier molecular flexibility index (Phi) is 5.84. The van der Waals surface area contributed by atoms with Gasteiger partial charge in [-0.25, -0.2) is 13.1 Å². The molecule has 0 spiro atoms. The molecular weight excluding hydrogens is 330 g/mol. The molecule has 0 radical (unpaired) electrons. The van der Waals surface area contributed by atoms with Gasteiger partial charge in [-0.05, 0) is 38.5 Å². The molecule has 0 aliphatic carbocycles. The van der Waals surface area contributed by atoms with Crippen LogP contribution >= 0.6 is 0 Å². The standard InChI is InChI=1S/C16H23N3O4S/c1-5-22-14-8-7-13(9-15(14)23-6-2)10-18-24(20,21)16-11-17-19(4)12(16)3/h7-9,11,18H,5-6,10H2,1-4H3. The van der Waals surface area contributed by atoms with Crippen molar-refractivity contribution >= 4 is 10.0 Å². The summed E-state index contributed by atoms with van der Waals surface area (Å²) in [7, 11) is -1.92. The number of nitrogens with zero attached hydrogens (tertiary/aromatic N) is 2. The molecule has 0 fully saturated rings. The highest BCUT2D eigenvalue weighted by Gasteiger charge is 2.19. The molecule has 1 N–H and O–H groups in total. The van der Waals surface area contributed by atoms with Crippen LogP contribution in [0, 0.1) is 6.92 Å². The normalized spacial score (nSPS) is 11.5. The minimum Gasteiger partial charge on any atom is -0.490 e. The largest absolute Gasteiger partial charge is 0.490 e. The second-order valence-electron chi connectivity index (χ2n) is 5.19. The Labute approximate surface area is 142 Å². The number of ether oxygens (including phenoxy) is 2. The molecule has 7 nitrogen and oxygen atoms in total. The lowest BCUT2D eigenvalue weighted by Crippen LogP contribution is -2.23. The molecule has 1 heterocycles. The molecular formula is C16H23N3O4S. The Balaban J connectivity index is 2.16. The number of aromatic nitrogens is 2. The maximum absolute atomic E-state index is 12.4. The van der Waals surface area contributed by atoms with Gasteiger partial charge in [0.1, 0.15) is 4.90 Å². The lowest BCUT2D eigenvalue weighted by Gasteiger charge is -2.13. The fourth-order valence-corrected chi connectivity index (χ4v) is 3.42. The van der Waals surface area contributed by atoms with Crippen LogP contribution in [0.4, 0.5) is 0 Å². The number of benzene rings is 1. The third-order valence-corrected chi connectivity index (χ3v) is 5.06. The lowest BCUT2D eigenvalue weighted by molar-refractivity contribution is 0.287. The molecule has 0 unspecified atom stereocenters. The van der Waals surface area contributed by atoms with E-state index in [2.05, 4.69) is 9.82 Å². The Hall–Kier alpha value is -2.06. The van der Waals surface area contributed by atoms with Crippen molar-refractivity contribution in [2.24, 2.45) is 7.05 Å².